The third kappa shape index (κ3) is 5.59. The molecule has 0 saturated carbocycles. The number of amides is 1. The van der Waals surface area contributed by atoms with Crippen LogP contribution in [0, 0.1) is 6.92 Å². The SMILES string of the molecule is CSc1ccc(CC(=O)N(CCN2CCOCC2)c2nc3c(C)cc(Cl)cc3s2)cc1. The Morgan fingerprint density at radius 2 is 2.00 bits per heavy atom. The average Bonchev–Trinajstić information content (AvgIpc) is 3.19. The van der Waals surface area contributed by atoms with Crippen LogP contribution >= 0.6 is 34.7 Å². The summed E-state index contributed by atoms with van der Waals surface area (Å²) in [5.74, 6) is 0.0629. The zero-order valence-corrected chi connectivity index (χ0v) is 20.2. The van der Waals surface area contributed by atoms with Crippen molar-refractivity contribution in [2.24, 2.45) is 0 Å². The Morgan fingerprint density at radius 3 is 2.71 bits per heavy atom. The fourth-order valence-electron chi connectivity index (χ4n) is 3.66. The number of halogens is 1. The second-order valence-electron chi connectivity index (χ2n) is 7.59. The summed E-state index contributed by atoms with van der Waals surface area (Å²) in [5, 5.41) is 1.43. The number of morpholine rings is 1. The van der Waals surface area contributed by atoms with E-state index in [0.717, 1.165) is 59.3 Å². The van der Waals surface area contributed by atoms with Crippen LogP contribution in [0.4, 0.5) is 5.13 Å². The Kier molecular flexibility index (Phi) is 7.51. The van der Waals surface area contributed by atoms with Gasteiger partial charge in [0, 0.05) is 36.1 Å². The van der Waals surface area contributed by atoms with E-state index >= 15 is 0 Å². The Labute approximate surface area is 196 Å². The molecule has 0 spiro atoms. The van der Waals surface area contributed by atoms with E-state index in [9.17, 15) is 4.79 Å². The summed E-state index contributed by atoms with van der Waals surface area (Å²) in [4.78, 5) is 23.6. The van der Waals surface area contributed by atoms with Crippen molar-refractivity contribution in [2.75, 3.05) is 50.5 Å². The molecule has 4 rings (SSSR count). The lowest BCUT2D eigenvalue weighted by molar-refractivity contribution is -0.118. The Balaban J connectivity index is 1.58. The van der Waals surface area contributed by atoms with Gasteiger partial charge in [-0.3, -0.25) is 14.6 Å². The number of thiazole rings is 1. The molecule has 0 radical (unpaired) electrons. The number of fused-ring (bicyclic) bond motifs is 1. The van der Waals surface area contributed by atoms with Gasteiger partial charge in [-0.1, -0.05) is 35.1 Å². The highest BCUT2D eigenvalue weighted by Gasteiger charge is 2.22. The van der Waals surface area contributed by atoms with Gasteiger partial charge in [-0.25, -0.2) is 4.98 Å². The van der Waals surface area contributed by atoms with Crippen LogP contribution in [-0.2, 0) is 16.0 Å². The summed E-state index contributed by atoms with van der Waals surface area (Å²) in [6.07, 6.45) is 2.41. The number of carbonyl (C=O) groups is 1. The van der Waals surface area contributed by atoms with Crippen molar-refractivity contribution in [1.82, 2.24) is 9.88 Å². The van der Waals surface area contributed by atoms with Crippen molar-refractivity contribution in [3.63, 3.8) is 0 Å². The molecule has 0 N–H and O–H groups in total. The van der Waals surface area contributed by atoms with E-state index in [2.05, 4.69) is 23.3 Å². The summed E-state index contributed by atoms with van der Waals surface area (Å²) in [7, 11) is 0. The minimum Gasteiger partial charge on any atom is -0.379 e. The molecule has 0 atom stereocenters. The van der Waals surface area contributed by atoms with E-state index < -0.39 is 0 Å². The van der Waals surface area contributed by atoms with Crippen LogP contribution < -0.4 is 4.90 Å². The summed E-state index contributed by atoms with van der Waals surface area (Å²) in [6.45, 7) is 6.69. The van der Waals surface area contributed by atoms with Gasteiger partial charge >= 0.3 is 0 Å². The van der Waals surface area contributed by atoms with E-state index in [1.807, 2.05) is 36.1 Å². The second kappa shape index (κ2) is 10.3. The summed E-state index contributed by atoms with van der Waals surface area (Å²) in [5.41, 5.74) is 2.95. The first kappa shape index (κ1) is 22.6. The van der Waals surface area contributed by atoms with E-state index in [1.165, 1.54) is 16.2 Å². The third-order valence-electron chi connectivity index (χ3n) is 5.43. The van der Waals surface area contributed by atoms with Gasteiger partial charge in [0.1, 0.15) is 0 Å². The smallest absolute Gasteiger partial charge is 0.233 e. The van der Waals surface area contributed by atoms with Crippen LogP contribution in [0.15, 0.2) is 41.3 Å². The van der Waals surface area contributed by atoms with Gasteiger partial charge in [-0.15, -0.1) is 11.8 Å². The van der Waals surface area contributed by atoms with E-state index in [4.69, 9.17) is 21.3 Å². The molecular weight excluding hydrogens is 450 g/mol. The number of rotatable bonds is 7. The predicted octanol–water partition coefficient (Wildman–Crippen LogP) is 4.89. The number of hydrogen-bond donors (Lipinski definition) is 0. The lowest BCUT2D eigenvalue weighted by Crippen LogP contribution is -2.43. The molecule has 1 amide bonds. The zero-order valence-electron chi connectivity index (χ0n) is 17.8. The highest BCUT2D eigenvalue weighted by molar-refractivity contribution is 7.98. The number of thioether (sulfide) groups is 1. The number of carbonyl (C=O) groups excluding carboxylic acids is 1. The topological polar surface area (TPSA) is 45.7 Å². The molecule has 3 aromatic rings. The number of hydrogen-bond acceptors (Lipinski definition) is 6. The maximum Gasteiger partial charge on any atom is 0.233 e. The Bertz CT molecular complexity index is 1050. The summed E-state index contributed by atoms with van der Waals surface area (Å²) >= 11 is 9.47. The molecule has 0 aliphatic carbocycles. The maximum absolute atomic E-state index is 13.4. The normalized spacial score (nSPS) is 14.8. The van der Waals surface area contributed by atoms with Crippen molar-refractivity contribution in [3.05, 3.63) is 52.5 Å². The fourth-order valence-corrected chi connectivity index (χ4v) is 5.54. The fraction of sp³-hybridized carbons (Fsp3) is 0.391. The number of anilines is 1. The van der Waals surface area contributed by atoms with Gasteiger partial charge in [0.05, 0.1) is 29.9 Å². The molecule has 1 aromatic heterocycles. The van der Waals surface area contributed by atoms with Crippen molar-refractivity contribution in [2.45, 2.75) is 18.2 Å². The first-order chi connectivity index (χ1) is 15.0. The predicted molar refractivity (Wildman–Crippen MR) is 131 cm³/mol. The first-order valence-corrected chi connectivity index (χ1v) is 12.8. The lowest BCUT2D eigenvalue weighted by Gasteiger charge is -2.29. The van der Waals surface area contributed by atoms with Crippen LogP contribution in [0.5, 0.6) is 0 Å². The third-order valence-corrected chi connectivity index (χ3v) is 7.42. The molecule has 0 bridgehead atoms. The summed E-state index contributed by atoms with van der Waals surface area (Å²) in [6, 6.07) is 12.0. The second-order valence-corrected chi connectivity index (χ2v) is 9.92. The number of benzene rings is 2. The maximum atomic E-state index is 13.4. The number of nitrogens with zero attached hydrogens (tertiary/aromatic N) is 3. The molecule has 1 fully saturated rings. The minimum atomic E-state index is 0.0629. The number of ether oxygens (including phenoxy) is 1. The van der Waals surface area contributed by atoms with Crippen LogP contribution in [0.1, 0.15) is 11.1 Å². The highest BCUT2D eigenvalue weighted by Crippen LogP contribution is 2.33. The molecule has 1 saturated heterocycles. The standard InChI is InChI=1S/C23H26ClN3O2S2/c1-16-13-18(24)15-20-22(16)25-23(31-20)27(8-7-26-9-11-29-12-10-26)21(28)14-17-3-5-19(30-2)6-4-17/h3-6,13,15H,7-12,14H2,1-2H3. The molecule has 1 aliphatic rings. The van der Waals surface area contributed by atoms with Crippen LogP contribution in [0.2, 0.25) is 5.02 Å². The zero-order chi connectivity index (χ0) is 21.8. The molecule has 31 heavy (non-hydrogen) atoms. The Hall–Kier alpha value is -1.64. The largest absolute Gasteiger partial charge is 0.379 e. The summed E-state index contributed by atoms with van der Waals surface area (Å²) < 4.78 is 6.46. The van der Waals surface area contributed by atoms with Gasteiger partial charge < -0.3 is 4.74 Å². The van der Waals surface area contributed by atoms with E-state index in [-0.39, 0.29) is 5.91 Å². The number of aryl methyl sites for hydroxylation is 1. The van der Waals surface area contributed by atoms with Gasteiger partial charge in [0.2, 0.25) is 5.91 Å². The van der Waals surface area contributed by atoms with Crippen molar-refractivity contribution >= 4 is 56.0 Å². The van der Waals surface area contributed by atoms with Crippen molar-refractivity contribution < 1.29 is 9.53 Å². The van der Waals surface area contributed by atoms with Gasteiger partial charge in [-0.05, 0) is 48.6 Å². The van der Waals surface area contributed by atoms with Crippen molar-refractivity contribution in [1.29, 1.82) is 0 Å². The minimum absolute atomic E-state index is 0.0629. The average molecular weight is 476 g/mol. The molecule has 5 nitrogen and oxygen atoms in total. The molecule has 1 aliphatic heterocycles. The molecule has 0 unspecified atom stereocenters. The van der Waals surface area contributed by atoms with Crippen LogP contribution in [-0.4, -0.2) is 61.4 Å². The van der Waals surface area contributed by atoms with Crippen LogP contribution in [0.3, 0.4) is 0 Å². The monoisotopic (exact) mass is 475 g/mol. The molecule has 2 aromatic carbocycles. The van der Waals surface area contributed by atoms with Crippen molar-refractivity contribution in [3.8, 4) is 0 Å². The highest BCUT2D eigenvalue weighted by atomic mass is 35.5. The number of aromatic nitrogens is 1. The van der Waals surface area contributed by atoms with Gasteiger partial charge in [-0.2, -0.15) is 0 Å². The molecular formula is C23H26ClN3O2S2. The van der Waals surface area contributed by atoms with E-state index in [0.29, 0.717) is 18.0 Å². The first-order valence-electron chi connectivity index (χ1n) is 10.3. The Morgan fingerprint density at radius 1 is 1.26 bits per heavy atom. The lowest BCUT2D eigenvalue weighted by atomic mass is 10.1. The molecule has 8 heteroatoms. The quantitative estimate of drug-likeness (QED) is 0.455. The van der Waals surface area contributed by atoms with Gasteiger partial charge in [0.25, 0.3) is 0 Å². The molecule has 164 valence electrons. The molecule has 2 heterocycles. The van der Waals surface area contributed by atoms with E-state index in [1.54, 1.807) is 11.8 Å². The van der Waals surface area contributed by atoms with Crippen LogP contribution in [0.25, 0.3) is 10.2 Å². The van der Waals surface area contributed by atoms with Gasteiger partial charge in [0.15, 0.2) is 5.13 Å².